The van der Waals surface area contributed by atoms with Crippen molar-refractivity contribution in [3.63, 3.8) is 0 Å². The third-order valence-corrected chi connectivity index (χ3v) is 3.18. The molecule has 72 valence electrons. The summed E-state index contributed by atoms with van der Waals surface area (Å²) >= 11 is 6.46. The number of carbonyl (C=O) groups is 1. The van der Waals surface area contributed by atoms with E-state index < -0.39 is 6.03 Å². The molecule has 1 aromatic rings. The Morgan fingerprint density at radius 1 is 1.69 bits per heavy atom. The minimum Gasteiger partial charge on any atom is -0.451 e. The zero-order chi connectivity index (χ0) is 10.0. The van der Waals surface area contributed by atoms with Gasteiger partial charge in [0.25, 0.3) is 0 Å². The van der Waals surface area contributed by atoms with Gasteiger partial charge in [0.1, 0.15) is 5.76 Å². The molecule has 0 bridgehead atoms. The molecule has 1 heterocycles. The fourth-order valence-corrected chi connectivity index (χ4v) is 1.44. The fraction of sp³-hybridized carbons (Fsp3) is 0.286. The van der Waals surface area contributed by atoms with Crippen LogP contribution >= 0.6 is 31.9 Å². The SMILES string of the molecule is CN(Cc1cc(Br)c(Br)o1)C(N)=O. The highest BCUT2D eigenvalue weighted by molar-refractivity contribution is 9.13. The van der Waals surface area contributed by atoms with Gasteiger partial charge in [-0.05, 0) is 37.9 Å². The molecule has 0 radical (unpaired) electrons. The lowest BCUT2D eigenvalue weighted by atomic mass is 10.4. The molecule has 0 aliphatic carbocycles. The molecule has 6 heteroatoms. The molecule has 4 nitrogen and oxygen atoms in total. The first-order chi connectivity index (χ1) is 6.00. The van der Waals surface area contributed by atoms with Crippen molar-refractivity contribution in [2.75, 3.05) is 7.05 Å². The van der Waals surface area contributed by atoms with Crippen LogP contribution in [-0.2, 0) is 6.54 Å². The van der Waals surface area contributed by atoms with Crippen LogP contribution in [0.4, 0.5) is 4.79 Å². The van der Waals surface area contributed by atoms with Gasteiger partial charge >= 0.3 is 6.03 Å². The van der Waals surface area contributed by atoms with Crippen LogP contribution in [0.3, 0.4) is 0 Å². The van der Waals surface area contributed by atoms with Gasteiger partial charge in [-0.1, -0.05) is 0 Å². The van der Waals surface area contributed by atoms with Crippen molar-refractivity contribution in [1.29, 1.82) is 0 Å². The summed E-state index contributed by atoms with van der Waals surface area (Å²) in [6.07, 6.45) is 0. The summed E-state index contributed by atoms with van der Waals surface area (Å²) in [5, 5.41) is 0. The quantitative estimate of drug-likeness (QED) is 0.911. The van der Waals surface area contributed by atoms with Crippen LogP contribution in [0.25, 0.3) is 0 Å². The highest BCUT2D eigenvalue weighted by atomic mass is 79.9. The number of nitrogens with two attached hydrogens (primary N) is 1. The standard InChI is InChI=1S/C7H8Br2N2O2/c1-11(7(10)12)3-4-2-5(8)6(9)13-4/h2H,3H2,1H3,(H2,10,12). The largest absolute Gasteiger partial charge is 0.451 e. The molecule has 0 aliphatic heterocycles. The number of amides is 2. The summed E-state index contributed by atoms with van der Waals surface area (Å²) in [5.74, 6) is 0.667. The van der Waals surface area contributed by atoms with Gasteiger partial charge in [0.05, 0.1) is 11.0 Å². The summed E-state index contributed by atoms with van der Waals surface area (Å²) in [6, 6.07) is 1.30. The van der Waals surface area contributed by atoms with E-state index in [-0.39, 0.29) is 0 Å². The Kier molecular flexibility index (Phi) is 3.38. The zero-order valence-corrected chi connectivity index (χ0v) is 10.1. The Balaban J connectivity index is 2.69. The number of carbonyl (C=O) groups excluding carboxylic acids is 1. The van der Waals surface area contributed by atoms with Crippen LogP contribution in [0.5, 0.6) is 0 Å². The number of furan rings is 1. The van der Waals surface area contributed by atoms with E-state index in [2.05, 4.69) is 31.9 Å². The van der Waals surface area contributed by atoms with Crippen molar-refractivity contribution in [3.8, 4) is 0 Å². The number of halogens is 2. The Hall–Kier alpha value is -0.490. The number of primary amides is 1. The highest BCUT2D eigenvalue weighted by Crippen LogP contribution is 2.27. The predicted octanol–water partition coefficient (Wildman–Crippen LogP) is 2.32. The third-order valence-electron chi connectivity index (χ3n) is 1.47. The van der Waals surface area contributed by atoms with Gasteiger partial charge < -0.3 is 15.1 Å². The van der Waals surface area contributed by atoms with Gasteiger partial charge in [-0.15, -0.1) is 0 Å². The summed E-state index contributed by atoms with van der Waals surface area (Å²) in [5.41, 5.74) is 5.05. The number of rotatable bonds is 2. The van der Waals surface area contributed by atoms with Gasteiger partial charge in [0, 0.05) is 7.05 Å². The molecule has 0 saturated heterocycles. The fourth-order valence-electron chi connectivity index (χ4n) is 0.781. The zero-order valence-electron chi connectivity index (χ0n) is 6.88. The van der Waals surface area contributed by atoms with Crippen molar-refractivity contribution < 1.29 is 9.21 Å². The molecule has 0 spiro atoms. The van der Waals surface area contributed by atoms with Crippen LogP contribution in [0.2, 0.25) is 0 Å². The third kappa shape index (κ3) is 2.73. The number of hydrogen-bond acceptors (Lipinski definition) is 2. The maximum absolute atomic E-state index is 10.7. The average molecular weight is 312 g/mol. The van der Waals surface area contributed by atoms with Crippen LogP contribution in [0.1, 0.15) is 5.76 Å². The smallest absolute Gasteiger partial charge is 0.314 e. The van der Waals surface area contributed by atoms with E-state index in [9.17, 15) is 4.79 Å². The van der Waals surface area contributed by atoms with Crippen LogP contribution in [0.15, 0.2) is 19.6 Å². The van der Waals surface area contributed by atoms with Crippen LogP contribution < -0.4 is 5.73 Å². The summed E-state index contributed by atoms with van der Waals surface area (Å²) in [7, 11) is 1.60. The molecular formula is C7H8Br2N2O2. The van der Waals surface area contributed by atoms with Crippen molar-refractivity contribution >= 4 is 37.9 Å². The second kappa shape index (κ2) is 4.15. The normalized spacial score (nSPS) is 10.1. The molecule has 0 unspecified atom stereocenters. The van der Waals surface area contributed by atoms with E-state index in [1.54, 1.807) is 13.1 Å². The van der Waals surface area contributed by atoms with Crippen molar-refractivity contribution in [2.45, 2.75) is 6.54 Å². The molecule has 1 rings (SSSR count). The Morgan fingerprint density at radius 3 is 2.69 bits per heavy atom. The maximum atomic E-state index is 10.7. The maximum Gasteiger partial charge on any atom is 0.314 e. The van der Waals surface area contributed by atoms with Gasteiger partial charge in [-0.25, -0.2) is 4.79 Å². The van der Waals surface area contributed by atoms with E-state index in [1.165, 1.54) is 4.90 Å². The first kappa shape index (κ1) is 10.6. The Bertz CT molecular complexity index is 305. The van der Waals surface area contributed by atoms with Crippen molar-refractivity contribution in [2.24, 2.45) is 5.73 Å². The van der Waals surface area contributed by atoms with E-state index in [4.69, 9.17) is 10.2 Å². The second-order valence-corrected chi connectivity index (χ2v) is 4.10. The number of nitrogens with zero attached hydrogens (tertiary/aromatic N) is 1. The topological polar surface area (TPSA) is 59.5 Å². The van der Waals surface area contributed by atoms with Crippen LogP contribution in [0, 0.1) is 0 Å². The molecular weight excluding hydrogens is 304 g/mol. The summed E-state index contributed by atoms with van der Waals surface area (Å²) in [6.45, 7) is 0.361. The minimum absolute atomic E-state index is 0.361. The van der Waals surface area contributed by atoms with E-state index in [1.807, 2.05) is 0 Å². The monoisotopic (exact) mass is 310 g/mol. The first-order valence-corrected chi connectivity index (χ1v) is 5.03. The molecule has 0 saturated carbocycles. The lowest BCUT2D eigenvalue weighted by Crippen LogP contribution is -2.31. The lowest BCUT2D eigenvalue weighted by molar-refractivity contribution is 0.212. The van der Waals surface area contributed by atoms with Crippen molar-refractivity contribution in [3.05, 3.63) is 21.0 Å². The van der Waals surface area contributed by atoms with E-state index in [0.717, 1.165) is 4.47 Å². The van der Waals surface area contributed by atoms with E-state index in [0.29, 0.717) is 17.0 Å². The first-order valence-electron chi connectivity index (χ1n) is 3.45. The molecule has 0 aliphatic rings. The summed E-state index contributed by atoms with van der Waals surface area (Å²) < 4.78 is 6.69. The molecule has 0 fully saturated rings. The van der Waals surface area contributed by atoms with Gasteiger partial charge in [0.15, 0.2) is 4.67 Å². The Morgan fingerprint density at radius 2 is 2.31 bits per heavy atom. The number of urea groups is 1. The predicted molar refractivity (Wildman–Crippen MR) is 55.2 cm³/mol. The Labute approximate surface area is 92.3 Å². The van der Waals surface area contributed by atoms with Gasteiger partial charge in [0.2, 0.25) is 0 Å². The number of hydrogen-bond donors (Lipinski definition) is 1. The van der Waals surface area contributed by atoms with E-state index >= 15 is 0 Å². The molecule has 2 N–H and O–H groups in total. The van der Waals surface area contributed by atoms with Gasteiger partial charge in [-0.2, -0.15) is 0 Å². The second-order valence-electron chi connectivity index (χ2n) is 2.53. The molecule has 1 aromatic heterocycles. The molecule has 0 aromatic carbocycles. The average Bonchev–Trinajstić information content (AvgIpc) is 2.31. The molecule has 13 heavy (non-hydrogen) atoms. The minimum atomic E-state index is -0.483. The van der Waals surface area contributed by atoms with Gasteiger partial charge in [-0.3, -0.25) is 0 Å². The van der Waals surface area contributed by atoms with Crippen molar-refractivity contribution in [1.82, 2.24) is 4.90 Å². The molecule has 2 amide bonds. The highest BCUT2D eigenvalue weighted by Gasteiger charge is 2.10. The van der Waals surface area contributed by atoms with Crippen LogP contribution in [-0.4, -0.2) is 18.0 Å². The molecule has 0 atom stereocenters. The lowest BCUT2D eigenvalue weighted by Gasteiger charge is -2.11. The summed E-state index contributed by atoms with van der Waals surface area (Å²) in [4.78, 5) is 12.0.